The summed E-state index contributed by atoms with van der Waals surface area (Å²) in [5, 5.41) is 10.1. The highest BCUT2D eigenvalue weighted by Crippen LogP contribution is 2.55. The van der Waals surface area contributed by atoms with Gasteiger partial charge < -0.3 is 19.5 Å². The Morgan fingerprint density at radius 3 is 2.08 bits per heavy atom. The Morgan fingerprint density at radius 2 is 1.62 bits per heavy atom. The first-order valence-electron chi connectivity index (χ1n) is 12.2. The van der Waals surface area contributed by atoms with Crippen molar-refractivity contribution in [2.45, 2.75) is 59.3 Å². The topological polar surface area (TPSA) is 93.1 Å². The molecule has 0 amide bonds. The number of rotatable bonds is 6. The van der Waals surface area contributed by atoms with Crippen molar-refractivity contribution in [1.29, 1.82) is 0 Å². The first-order valence-corrected chi connectivity index (χ1v) is 12.6. The van der Waals surface area contributed by atoms with Crippen LogP contribution in [0.3, 0.4) is 0 Å². The Labute approximate surface area is 222 Å². The van der Waals surface area contributed by atoms with Gasteiger partial charge in [0.1, 0.15) is 13.2 Å². The minimum absolute atomic E-state index is 0.00522. The highest BCUT2D eigenvalue weighted by molar-refractivity contribution is 6.32. The quantitative estimate of drug-likeness (QED) is 0.514. The number of Topliss-reactive ketones (excluding diaryl/α,β-unsaturated/α-hetero) is 2. The predicted molar refractivity (Wildman–Crippen MR) is 140 cm³/mol. The molecule has 1 aromatic carbocycles. The molecule has 0 saturated carbocycles. The number of aliphatic carboxylic acids is 1. The van der Waals surface area contributed by atoms with Gasteiger partial charge in [0.05, 0.1) is 12.1 Å². The third-order valence-corrected chi connectivity index (χ3v) is 7.48. The Balaban J connectivity index is 2.01. The third-order valence-electron chi connectivity index (χ3n) is 7.20. The molecule has 196 valence electrons. The number of terminal acetylenes is 1. The van der Waals surface area contributed by atoms with E-state index in [0.29, 0.717) is 59.5 Å². The number of hydrogen-bond donors (Lipinski definition) is 1. The number of hydrogen-bond acceptors (Lipinski definition) is 6. The zero-order valence-electron chi connectivity index (χ0n) is 21.9. The standard InChI is InChI=1S/C29H32ClNO6/c1-7-8-37-27-17(30)9-16(10-22(27)36-6)24-25-18(11-28(2,3)13-20(25)32)31(15-23(34)35)19-12-29(4,5)14-21(33)26(19)24/h1,9-10,24H,8,11-15H2,2-6H3,(H,34,35). The van der Waals surface area contributed by atoms with Crippen molar-refractivity contribution in [2.75, 3.05) is 20.3 Å². The smallest absolute Gasteiger partial charge is 0.323 e. The molecule has 0 aromatic heterocycles. The summed E-state index contributed by atoms with van der Waals surface area (Å²) in [5.41, 5.74) is 2.16. The molecule has 7 nitrogen and oxygen atoms in total. The fourth-order valence-corrected chi connectivity index (χ4v) is 6.14. The molecule has 0 saturated heterocycles. The Kier molecular flexibility index (Phi) is 6.94. The number of carboxylic acid groups (broad SMARTS) is 1. The van der Waals surface area contributed by atoms with Crippen LogP contribution in [0, 0.1) is 23.2 Å². The van der Waals surface area contributed by atoms with Gasteiger partial charge >= 0.3 is 5.97 Å². The monoisotopic (exact) mass is 525 g/mol. The lowest BCUT2D eigenvalue weighted by Crippen LogP contribution is -2.45. The number of carboxylic acids is 1. The molecule has 0 fully saturated rings. The molecule has 37 heavy (non-hydrogen) atoms. The van der Waals surface area contributed by atoms with Gasteiger partial charge in [0.2, 0.25) is 0 Å². The summed E-state index contributed by atoms with van der Waals surface area (Å²) in [5.74, 6) is 1.11. The Bertz CT molecular complexity index is 1240. The first kappa shape index (κ1) is 26.8. The lowest BCUT2D eigenvalue weighted by atomic mass is 9.63. The van der Waals surface area contributed by atoms with Crippen LogP contribution in [-0.2, 0) is 14.4 Å². The Morgan fingerprint density at radius 1 is 1.08 bits per heavy atom. The molecule has 1 aliphatic heterocycles. The van der Waals surface area contributed by atoms with Gasteiger partial charge in [-0.2, -0.15) is 0 Å². The third kappa shape index (κ3) is 5.00. The average molecular weight is 526 g/mol. The minimum atomic E-state index is -1.02. The zero-order chi connectivity index (χ0) is 27.3. The fraction of sp³-hybridized carbons (Fsp3) is 0.483. The molecule has 1 heterocycles. The number of nitrogens with zero attached hydrogens (tertiary/aromatic N) is 1. The molecule has 0 atom stereocenters. The number of carbonyl (C=O) groups excluding carboxylic acids is 2. The summed E-state index contributed by atoms with van der Waals surface area (Å²) in [6.07, 6.45) is 6.95. The number of ether oxygens (including phenoxy) is 2. The van der Waals surface area contributed by atoms with E-state index in [1.807, 2.05) is 27.7 Å². The maximum atomic E-state index is 13.7. The van der Waals surface area contributed by atoms with Gasteiger partial charge in [-0.3, -0.25) is 14.4 Å². The van der Waals surface area contributed by atoms with E-state index in [-0.39, 0.29) is 46.3 Å². The highest BCUT2D eigenvalue weighted by atomic mass is 35.5. The second kappa shape index (κ2) is 9.57. The molecular weight excluding hydrogens is 494 g/mol. The lowest BCUT2D eigenvalue weighted by molar-refractivity contribution is -0.138. The molecule has 0 bridgehead atoms. The van der Waals surface area contributed by atoms with E-state index in [9.17, 15) is 19.5 Å². The minimum Gasteiger partial charge on any atom is -0.493 e. The van der Waals surface area contributed by atoms with Gasteiger partial charge in [-0.05, 0) is 41.4 Å². The van der Waals surface area contributed by atoms with Crippen LogP contribution < -0.4 is 9.47 Å². The van der Waals surface area contributed by atoms with Crippen LogP contribution in [0.2, 0.25) is 5.02 Å². The van der Waals surface area contributed by atoms with Crippen LogP contribution in [0.25, 0.3) is 0 Å². The second-order valence-electron chi connectivity index (χ2n) is 11.5. The number of halogens is 1. The van der Waals surface area contributed by atoms with E-state index < -0.39 is 11.9 Å². The van der Waals surface area contributed by atoms with Crippen molar-refractivity contribution in [1.82, 2.24) is 4.90 Å². The van der Waals surface area contributed by atoms with Crippen molar-refractivity contribution < 1.29 is 29.0 Å². The summed E-state index contributed by atoms with van der Waals surface area (Å²) in [6, 6.07) is 3.41. The van der Waals surface area contributed by atoms with Gasteiger partial charge in [-0.25, -0.2) is 0 Å². The first-order chi connectivity index (χ1) is 17.3. The van der Waals surface area contributed by atoms with E-state index >= 15 is 0 Å². The highest BCUT2D eigenvalue weighted by Gasteiger charge is 2.49. The number of carbonyl (C=O) groups is 3. The molecule has 1 aromatic rings. The SMILES string of the molecule is C#CCOc1c(Cl)cc(C2C3=C(CC(C)(C)CC3=O)N(CC(=O)O)C3=C2C(=O)CC(C)(C)C3)cc1OC. The number of allylic oxidation sites excluding steroid dienone is 4. The summed E-state index contributed by atoms with van der Waals surface area (Å²) in [6.45, 7) is 7.68. The zero-order valence-corrected chi connectivity index (χ0v) is 22.6. The van der Waals surface area contributed by atoms with Crippen LogP contribution in [0.4, 0.5) is 0 Å². The van der Waals surface area contributed by atoms with Gasteiger partial charge in [0, 0.05) is 41.3 Å². The van der Waals surface area contributed by atoms with Crippen LogP contribution in [0.1, 0.15) is 64.9 Å². The Hall–Kier alpha value is -3.24. The van der Waals surface area contributed by atoms with Gasteiger partial charge in [-0.1, -0.05) is 45.2 Å². The van der Waals surface area contributed by atoms with Gasteiger partial charge in [-0.15, -0.1) is 6.42 Å². The molecule has 0 unspecified atom stereocenters. The fourth-order valence-electron chi connectivity index (χ4n) is 5.87. The van der Waals surface area contributed by atoms with Crippen molar-refractivity contribution in [2.24, 2.45) is 10.8 Å². The number of methoxy groups -OCH3 is 1. The summed E-state index contributed by atoms with van der Waals surface area (Å²) >= 11 is 6.62. The summed E-state index contributed by atoms with van der Waals surface area (Å²) in [4.78, 5) is 41.2. The number of benzene rings is 1. The van der Waals surface area contributed by atoms with Crippen molar-refractivity contribution in [3.63, 3.8) is 0 Å². The summed E-state index contributed by atoms with van der Waals surface area (Å²) < 4.78 is 11.1. The molecule has 3 aliphatic rings. The van der Waals surface area contributed by atoms with E-state index in [1.54, 1.807) is 17.0 Å². The molecule has 2 aliphatic carbocycles. The van der Waals surface area contributed by atoms with Crippen LogP contribution in [-0.4, -0.2) is 47.8 Å². The van der Waals surface area contributed by atoms with E-state index in [4.69, 9.17) is 27.5 Å². The van der Waals surface area contributed by atoms with Crippen molar-refractivity contribution in [3.05, 3.63) is 45.3 Å². The normalized spacial score (nSPS) is 20.8. The lowest BCUT2D eigenvalue weighted by Gasteiger charge is -2.48. The molecule has 1 N–H and O–H groups in total. The molecule has 0 radical (unpaired) electrons. The van der Waals surface area contributed by atoms with Crippen LogP contribution >= 0.6 is 11.6 Å². The van der Waals surface area contributed by atoms with Crippen LogP contribution in [0.15, 0.2) is 34.7 Å². The number of ketones is 2. The molecule has 0 spiro atoms. The van der Waals surface area contributed by atoms with Gasteiger partial charge in [0.25, 0.3) is 0 Å². The maximum absolute atomic E-state index is 13.7. The molecule has 4 rings (SSSR count). The van der Waals surface area contributed by atoms with Gasteiger partial charge in [0.15, 0.2) is 23.1 Å². The van der Waals surface area contributed by atoms with E-state index in [2.05, 4.69) is 5.92 Å². The van der Waals surface area contributed by atoms with Crippen molar-refractivity contribution in [3.8, 4) is 23.8 Å². The van der Waals surface area contributed by atoms with E-state index in [0.717, 1.165) is 0 Å². The van der Waals surface area contributed by atoms with E-state index in [1.165, 1.54) is 7.11 Å². The molecule has 8 heteroatoms. The second-order valence-corrected chi connectivity index (χ2v) is 11.9. The predicted octanol–water partition coefficient (Wildman–Crippen LogP) is 5.13. The maximum Gasteiger partial charge on any atom is 0.323 e. The van der Waals surface area contributed by atoms with Crippen molar-refractivity contribution >= 4 is 29.1 Å². The summed E-state index contributed by atoms with van der Waals surface area (Å²) in [7, 11) is 1.48. The molecular formula is C29H32ClNO6. The van der Waals surface area contributed by atoms with Crippen LogP contribution in [0.5, 0.6) is 11.5 Å². The largest absolute Gasteiger partial charge is 0.493 e. The average Bonchev–Trinajstić information content (AvgIpc) is 2.77.